The maximum Gasteiger partial charge on any atom is 0.252 e. The molecule has 3 rings (SSSR count). The van der Waals surface area contributed by atoms with Crippen LogP contribution in [0.25, 0.3) is 5.65 Å². The second-order valence-electron chi connectivity index (χ2n) is 5.98. The molecule has 0 radical (unpaired) electrons. The van der Waals surface area contributed by atoms with Gasteiger partial charge < -0.3 is 4.98 Å². The highest BCUT2D eigenvalue weighted by atomic mass is 32.2. The molecule has 0 fully saturated rings. The van der Waals surface area contributed by atoms with Crippen LogP contribution >= 0.6 is 23.1 Å². The molecule has 0 saturated heterocycles. The fourth-order valence-corrected chi connectivity index (χ4v) is 3.60. The topological polar surface area (TPSA) is 96.5 Å². The molecule has 8 nitrogen and oxygen atoms in total. The summed E-state index contributed by atoms with van der Waals surface area (Å²) in [6, 6.07) is 0. The summed E-state index contributed by atoms with van der Waals surface area (Å²) in [5, 5.41) is 26.1. The number of aromatic nitrogens is 6. The second-order valence-corrected chi connectivity index (χ2v) is 8.45. The van der Waals surface area contributed by atoms with Gasteiger partial charge in [-0.2, -0.15) is 5.10 Å². The number of thioether (sulfide) groups is 1. The molecule has 23 heavy (non-hydrogen) atoms. The summed E-state index contributed by atoms with van der Waals surface area (Å²) in [7, 11) is 0. The van der Waals surface area contributed by atoms with Crippen LogP contribution < -0.4 is 0 Å². The molecule has 0 unspecified atom stereocenters. The minimum atomic E-state index is -0.166. The molecule has 0 amide bonds. The molecule has 3 heterocycles. The summed E-state index contributed by atoms with van der Waals surface area (Å²) in [6.07, 6.45) is 0. The van der Waals surface area contributed by atoms with Crippen molar-refractivity contribution in [3.63, 3.8) is 0 Å². The number of aryl methyl sites for hydroxylation is 1. The Morgan fingerprint density at radius 1 is 1.22 bits per heavy atom. The monoisotopic (exact) mass is 350 g/mol. The van der Waals surface area contributed by atoms with Crippen molar-refractivity contribution in [1.29, 1.82) is 0 Å². The molecule has 0 aromatic carbocycles. The zero-order chi connectivity index (χ0) is 16.6. The Morgan fingerprint density at radius 2 is 2.00 bits per heavy atom. The quantitative estimate of drug-likeness (QED) is 0.566. The van der Waals surface area contributed by atoms with Gasteiger partial charge in [0.05, 0.1) is 5.69 Å². The Bertz CT molecular complexity index is 851. The number of nitrogens with zero attached hydrogens (tertiary/aromatic N) is 7. The van der Waals surface area contributed by atoms with Gasteiger partial charge in [-0.3, -0.25) is 0 Å². The molecule has 0 aliphatic rings. The molecule has 3 aromatic rings. The zero-order valence-corrected chi connectivity index (χ0v) is 15.3. The van der Waals surface area contributed by atoms with Crippen LogP contribution in [0.3, 0.4) is 0 Å². The van der Waals surface area contributed by atoms with Gasteiger partial charge in [-0.05, 0) is 12.7 Å². The van der Waals surface area contributed by atoms with Gasteiger partial charge in [0.15, 0.2) is 15.7 Å². The lowest BCUT2D eigenvalue weighted by molar-refractivity contribution is 0.557. The second kappa shape index (κ2) is 6.00. The number of rotatable bonds is 4. The van der Waals surface area contributed by atoms with Gasteiger partial charge in [-0.25, -0.2) is 0 Å². The van der Waals surface area contributed by atoms with Crippen molar-refractivity contribution in [2.24, 2.45) is 10.2 Å². The fourth-order valence-electron chi connectivity index (χ4n) is 2.04. The highest BCUT2D eigenvalue weighted by Gasteiger charge is 2.26. The lowest BCUT2D eigenvalue weighted by Gasteiger charge is -2.14. The Hall–Kier alpha value is -1.81. The summed E-state index contributed by atoms with van der Waals surface area (Å²) in [4.78, 5) is 3.18. The lowest BCUT2D eigenvalue weighted by Crippen LogP contribution is -2.12. The lowest BCUT2D eigenvalue weighted by atomic mass is 9.91. The smallest absolute Gasteiger partial charge is 0.252 e. The first-order valence-corrected chi connectivity index (χ1v) is 9.03. The van der Waals surface area contributed by atoms with Crippen molar-refractivity contribution < 1.29 is 0 Å². The maximum atomic E-state index is 4.54. The normalized spacial score (nSPS) is 12.7. The standard InChI is InChI=1S/C13H18N8S2/c1-6-22-12-18-17-11(23-12)16-15-8-9(13(3,4)5)20-21-10(8)14-7(2)19-21/h6H2,1-5H3,(H,14,19)/b16-15+. The first-order valence-electron chi connectivity index (χ1n) is 7.22. The molecule has 3 aromatic heterocycles. The predicted octanol–water partition coefficient (Wildman–Crippen LogP) is 4.04. The van der Waals surface area contributed by atoms with E-state index < -0.39 is 0 Å². The van der Waals surface area contributed by atoms with Crippen LogP contribution in [0.2, 0.25) is 0 Å². The SMILES string of the molecule is CCSc1nnc(/N=N/c2c(C(C)(C)C)nn3nc(C)[nH]c23)s1. The van der Waals surface area contributed by atoms with Gasteiger partial charge >= 0.3 is 0 Å². The minimum Gasteiger partial charge on any atom is -0.324 e. The van der Waals surface area contributed by atoms with Crippen molar-refractivity contribution in [3.05, 3.63) is 11.5 Å². The first kappa shape index (κ1) is 16.1. The van der Waals surface area contributed by atoms with E-state index in [1.165, 1.54) is 11.3 Å². The van der Waals surface area contributed by atoms with E-state index in [0.29, 0.717) is 10.8 Å². The number of hydrogen-bond acceptors (Lipinski definition) is 8. The largest absolute Gasteiger partial charge is 0.324 e. The Labute approximate surface area is 141 Å². The third-order valence-corrected chi connectivity index (χ3v) is 4.82. The number of azo groups is 1. The van der Waals surface area contributed by atoms with Crippen LogP contribution in [0.15, 0.2) is 14.6 Å². The van der Waals surface area contributed by atoms with E-state index in [1.54, 1.807) is 16.4 Å². The van der Waals surface area contributed by atoms with E-state index in [2.05, 4.69) is 63.3 Å². The van der Waals surface area contributed by atoms with E-state index >= 15 is 0 Å². The molecular weight excluding hydrogens is 332 g/mol. The summed E-state index contributed by atoms with van der Waals surface area (Å²) < 4.78 is 2.47. The van der Waals surface area contributed by atoms with Gasteiger partial charge in [0.25, 0.3) is 5.13 Å². The Kier molecular flexibility index (Phi) is 4.19. The van der Waals surface area contributed by atoms with Crippen LogP contribution in [-0.2, 0) is 5.41 Å². The number of aromatic amines is 1. The molecule has 0 spiro atoms. The summed E-state index contributed by atoms with van der Waals surface area (Å²) in [5.41, 5.74) is 2.11. The minimum absolute atomic E-state index is 0.166. The van der Waals surface area contributed by atoms with Crippen LogP contribution in [0.1, 0.15) is 39.2 Å². The first-order chi connectivity index (χ1) is 10.9. The van der Waals surface area contributed by atoms with Gasteiger partial charge in [-0.1, -0.05) is 50.8 Å². The molecule has 0 aliphatic carbocycles. The van der Waals surface area contributed by atoms with Crippen LogP contribution in [-0.4, -0.2) is 35.8 Å². The number of nitrogens with one attached hydrogen (secondary N) is 1. The Balaban J connectivity index is 2.01. The van der Waals surface area contributed by atoms with Gasteiger partial charge in [0.2, 0.25) is 0 Å². The number of hydrogen-bond donors (Lipinski definition) is 1. The van der Waals surface area contributed by atoms with E-state index in [4.69, 9.17) is 0 Å². The molecule has 0 aliphatic heterocycles. The highest BCUT2D eigenvalue weighted by Crippen LogP contribution is 2.35. The molecule has 0 atom stereocenters. The summed E-state index contributed by atoms with van der Waals surface area (Å²) in [6.45, 7) is 10.2. The highest BCUT2D eigenvalue weighted by molar-refractivity contribution is 8.01. The van der Waals surface area contributed by atoms with E-state index in [-0.39, 0.29) is 5.41 Å². The van der Waals surface area contributed by atoms with Gasteiger partial charge in [-0.15, -0.1) is 30.2 Å². The third kappa shape index (κ3) is 3.27. The van der Waals surface area contributed by atoms with Gasteiger partial charge in [0.1, 0.15) is 5.82 Å². The van der Waals surface area contributed by atoms with Crippen molar-refractivity contribution >= 4 is 39.6 Å². The fraction of sp³-hybridized carbons (Fsp3) is 0.538. The predicted molar refractivity (Wildman–Crippen MR) is 91.3 cm³/mol. The molecule has 0 saturated carbocycles. The molecule has 10 heteroatoms. The molecular formula is C13H18N8S2. The molecule has 122 valence electrons. The van der Waals surface area contributed by atoms with E-state index in [1.807, 2.05) is 6.92 Å². The van der Waals surface area contributed by atoms with Crippen LogP contribution in [0.5, 0.6) is 0 Å². The van der Waals surface area contributed by atoms with Crippen molar-refractivity contribution in [3.8, 4) is 0 Å². The number of fused-ring (bicyclic) bond motifs is 1. The van der Waals surface area contributed by atoms with E-state index in [0.717, 1.165) is 27.3 Å². The van der Waals surface area contributed by atoms with Crippen molar-refractivity contribution in [1.82, 2.24) is 30.0 Å². The molecule has 0 bridgehead atoms. The average molecular weight is 350 g/mol. The van der Waals surface area contributed by atoms with Crippen LogP contribution in [0, 0.1) is 6.92 Å². The van der Waals surface area contributed by atoms with E-state index in [9.17, 15) is 0 Å². The van der Waals surface area contributed by atoms with Gasteiger partial charge in [0, 0.05) is 5.41 Å². The summed E-state index contributed by atoms with van der Waals surface area (Å²) in [5.74, 6) is 1.74. The average Bonchev–Trinajstić information content (AvgIpc) is 3.11. The maximum absolute atomic E-state index is 4.54. The number of H-pyrrole nitrogens is 1. The third-order valence-electron chi connectivity index (χ3n) is 3.00. The summed E-state index contributed by atoms with van der Waals surface area (Å²) >= 11 is 3.07. The van der Waals surface area contributed by atoms with Crippen molar-refractivity contribution in [2.75, 3.05) is 5.75 Å². The molecule has 1 N–H and O–H groups in total. The van der Waals surface area contributed by atoms with Crippen molar-refractivity contribution in [2.45, 2.75) is 44.4 Å². The van der Waals surface area contributed by atoms with Crippen LogP contribution in [0.4, 0.5) is 10.8 Å². The zero-order valence-electron chi connectivity index (χ0n) is 13.7. The Morgan fingerprint density at radius 3 is 2.70 bits per heavy atom.